The SMILES string of the molecule is O=C(Nc1cnn(Cc2cn3ccccc3n2)c1)c1ccc2c(=O)[nH]c(=S)[nH]c2c1. The molecular weight excluding hydrogens is 402 g/mol. The summed E-state index contributed by atoms with van der Waals surface area (Å²) in [6.07, 6.45) is 7.19. The second-order valence-electron chi connectivity index (χ2n) is 6.75. The third kappa shape index (κ3) is 3.40. The summed E-state index contributed by atoms with van der Waals surface area (Å²) < 4.78 is 3.85. The molecule has 0 aliphatic heterocycles. The Hall–Kier alpha value is -4.05. The monoisotopic (exact) mass is 417 g/mol. The van der Waals surface area contributed by atoms with Crippen molar-refractivity contribution in [1.82, 2.24) is 29.1 Å². The number of hydrogen-bond donors (Lipinski definition) is 3. The van der Waals surface area contributed by atoms with Gasteiger partial charge < -0.3 is 14.7 Å². The van der Waals surface area contributed by atoms with Crippen molar-refractivity contribution < 1.29 is 4.79 Å². The van der Waals surface area contributed by atoms with Gasteiger partial charge in [0.25, 0.3) is 11.5 Å². The van der Waals surface area contributed by atoms with Crippen LogP contribution in [-0.2, 0) is 6.54 Å². The van der Waals surface area contributed by atoms with Crippen LogP contribution in [0.2, 0.25) is 0 Å². The largest absolute Gasteiger partial charge is 0.332 e. The molecule has 0 bridgehead atoms. The maximum Gasteiger partial charge on any atom is 0.259 e. The van der Waals surface area contributed by atoms with E-state index < -0.39 is 0 Å². The van der Waals surface area contributed by atoms with Crippen molar-refractivity contribution in [3.63, 3.8) is 0 Å². The summed E-state index contributed by atoms with van der Waals surface area (Å²) in [4.78, 5) is 34.5. The fourth-order valence-electron chi connectivity index (χ4n) is 3.26. The molecule has 0 spiro atoms. The number of nitrogens with zero attached hydrogens (tertiary/aromatic N) is 4. The van der Waals surface area contributed by atoms with Crippen LogP contribution in [0, 0.1) is 4.77 Å². The molecule has 4 heterocycles. The zero-order valence-corrected chi connectivity index (χ0v) is 16.3. The molecule has 148 valence electrons. The first-order chi connectivity index (χ1) is 14.5. The van der Waals surface area contributed by atoms with E-state index in [0.717, 1.165) is 11.3 Å². The van der Waals surface area contributed by atoms with Crippen molar-refractivity contribution in [2.24, 2.45) is 0 Å². The fraction of sp³-hybridized carbons (Fsp3) is 0.0500. The van der Waals surface area contributed by atoms with E-state index in [9.17, 15) is 9.59 Å². The van der Waals surface area contributed by atoms with Gasteiger partial charge in [0.15, 0.2) is 4.77 Å². The average Bonchev–Trinajstić information content (AvgIpc) is 3.33. The first-order valence-electron chi connectivity index (χ1n) is 9.08. The van der Waals surface area contributed by atoms with Gasteiger partial charge in [0, 0.05) is 24.2 Å². The maximum absolute atomic E-state index is 12.6. The lowest BCUT2D eigenvalue weighted by molar-refractivity contribution is 0.102. The van der Waals surface area contributed by atoms with E-state index in [0.29, 0.717) is 28.7 Å². The minimum Gasteiger partial charge on any atom is -0.332 e. The highest BCUT2D eigenvalue weighted by molar-refractivity contribution is 7.71. The summed E-state index contributed by atoms with van der Waals surface area (Å²) in [7, 11) is 0. The molecule has 4 aromatic heterocycles. The van der Waals surface area contributed by atoms with Crippen LogP contribution in [0.3, 0.4) is 0 Å². The van der Waals surface area contributed by atoms with Gasteiger partial charge in [-0.25, -0.2) is 4.98 Å². The second-order valence-corrected chi connectivity index (χ2v) is 7.16. The first-order valence-corrected chi connectivity index (χ1v) is 9.49. The molecule has 9 nitrogen and oxygen atoms in total. The Morgan fingerprint density at radius 2 is 2.07 bits per heavy atom. The topological polar surface area (TPSA) is 113 Å². The third-order valence-corrected chi connectivity index (χ3v) is 4.83. The van der Waals surface area contributed by atoms with Crippen LogP contribution in [0.1, 0.15) is 16.1 Å². The maximum atomic E-state index is 12.6. The molecule has 5 rings (SSSR count). The van der Waals surface area contributed by atoms with Gasteiger partial charge in [-0.1, -0.05) is 6.07 Å². The van der Waals surface area contributed by atoms with Gasteiger partial charge in [-0.15, -0.1) is 0 Å². The number of H-pyrrole nitrogens is 2. The zero-order chi connectivity index (χ0) is 20.7. The molecule has 30 heavy (non-hydrogen) atoms. The molecule has 0 fully saturated rings. The van der Waals surface area contributed by atoms with E-state index >= 15 is 0 Å². The highest BCUT2D eigenvalue weighted by Gasteiger charge is 2.11. The minimum absolute atomic E-state index is 0.207. The summed E-state index contributed by atoms with van der Waals surface area (Å²) >= 11 is 4.99. The smallest absolute Gasteiger partial charge is 0.259 e. The number of nitrogens with one attached hydrogen (secondary N) is 3. The number of amides is 1. The van der Waals surface area contributed by atoms with Crippen molar-refractivity contribution in [3.8, 4) is 0 Å². The fourth-order valence-corrected chi connectivity index (χ4v) is 3.46. The predicted molar refractivity (Wildman–Crippen MR) is 114 cm³/mol. The number of benzene rings is 1. The number of hydrogen-bond acceptors (Lipinski definition) is 5. The summed E-state index contributed by atoms with van der Waals surface area (Å²) in [6.45, 7) is 0.479. The number of carbonyl (C=O) groups is 1. The number of aromatic amines is 2. The lowest BCUT2D eigenvalue weighted by atomic mass is 10.1. The number of anilines is 1. The number of rotatable bonds is 4. The first kappa shape index (κ1) is 18.0. The molecule has 0 aliphatic carbocycles. The van der Waals surface area contributed by atoms with E-state index in [2.05, 4.69) is 25.4 Å². The van der Waals surface area contributed by atoms with Gasteiger partial charge in [0.1, 0.15) is 5.65 Å². The number of aromatic nitrogens is 6. The quantitative estimate of drug-likeness (QED) is 0.389. The van der Waals surface area contributed by atoms with Crippen LogP contribution in [0.4, 0.5) is 5.69 Å². The van der Waals surface area contributed by atoms with Crippen molar-refractivity contribution in [2.45, 2.75) is 6.54 Å². The lowest BCUT2D eigenvalue weighted by Gasteiger charge is -2.04. The molecule has 1 aromatic carbocycles. The van der Waals surface area contributed by atoms with Crippen LogP contribution in [-0.4, -0.2) is 35.0 Å². The van der Waals surface area contributed by atoms with Gasteiger partial charge in [0.2, 0.25) is 0 Å². The second kappa shape index (κ2) is 7.08. The molecule has 0 aliphatic rings. The normalized spacial score (nSPS) is 11.2. The highest BCUT2D eigenvalue weighted by atomic mass is 32.1. The molecule has 0 atom stereocenters. The molecule has 0 saturated heterocycles. The standard InChI is InChI=1S/C20H15N7O2S/c28-18(12-4-5-15-16(7-12)24-20(30)25-19(15)29)23-13-8-21-27(10-13)11-14-9-26-6-2-1-3-17(26)22-14/h1-10H,11H2,(H,23,28)(H2,24,25,29,30). The average molecular weight is 417 g/mol. The highest BCUT2D eigenvalue weighted by Crippen LogP contribution is 2.14. The Labute approximate surface area is 174 Å². The molecule has 3 N–H and O–H groups in total. The van der Waals surface area contributed by atoms with E-state index in [1.165, 1.54) is 0 Å². The van der Waals surface area contributed by atoms with Crippen molar-refractivity contribution in [3.05, 3.63) is 87.6 Å². The summed E-state index contributed by atoms with van der Waals surface area (Å²) in [6, 6.07) is 10.6. The Morgan fingerprint density at radius 1 is 1.17 bits per heavy atom. The molecule has 0 unspecified atom stereocenters. The van der Waals surface area contributed by atoms with E-state index in [4.69, 9.17) is 12.2 Å². The number of fused-ring (bicyclic) bond motifs is 2. The Morgan fingerprint density at radius 3 is 2.93 bits per heavy atom. The van der Waals surface area contributed by atoms with Gasteiger partial charge in [0.05, 0.1) is 35.0 Å². The molecule has 5 aromatic rings. The van der Waals surface area contributed by atoms with Crippen molar-refractivity contribution in [1.29, 1.82) is 0 Å². The molecule has 1 amide bonds. The Balaban J connectivity index is 1.34. The molecule has 0 radical (unpaired) electrons. The van der Waals surface area contributed by atoms with Crippen LogP contribution in [0.25, 0.3) is 16.6 Å². The Bertz CT molecular complexity index is 1490. The molecule has 10 heteroatoms. The van der Waals surface area contributed by atoms with E-state index in [-0.39, 0.29) is 16.2 Å². The summed E-state index contributed by atoms with van der Waals surface area (Å²) in [5.74, 6) is -0.316. The summed E-state index contributed by atoms with van der Waals surface area (Å²) in [5, 5.41) is 7.53. The van der Waals surface area contributed by atoms with Gasteiger partial charge in [-0.3, -0.25) is 19.3 Å². The van der Waals surface area contributed by atoms with Gasteiger partial charge in [-0.2, -0.15) is 5.10 Å². The number of pyridine rings is 1. The molecular formula is C20H15N7O2S. The van der Waals surface area contributed by atoms with Crippen LogP contribution >= 0.6 is 12.2 Å². The lowest BCUT2D eigenvalue weighted by Crippen LogP contribution is -2.13. The van der Waals surface area contributed by atoms with E-state index in [1.54, 1.807) is 35.3 Å². The third-order valence-electron chi connectivity index (χ3n) is 4.63. The van der Waals surface area contributed by atoms with Gasteiger partial charge >= 0.3 is 0 Å². The summed E-state index contributed by atoms with van der Waals surface area (Å²) in [5.41, 5.74) is 2.88. The Kier molecular flexibility index (Phi) is 4.25. The predicted octanol–water partition coefficient (Wildman–Crippen LogP) is 2.73. The molecule has 0 saturated carbocycles. The van der Waals surface area contributed by atoms with Crippen molar-refractivity contribution >= 4 is 40.4 Å². The van der Waals surface area contributed by atoms with E-state index in [1.807, 2.05) is 35.0 Å². The number of carbonyl (C=O) groups excluding carboxylic acids is 1. The van der Waals surface area contributed by atoms with Crippen LogP contribution in [0.5, 0.6) is 0 Å². The zero-order valence-electron chi connectivity index (χ0n) is 15.5. The van der Waals surface area contributed by atoms with Gasteiger partial charge in [-0.05, 0) is 42.5 Å². The minimum atomic E-state index is -0.316. The number of imidazole rings is 1. The van der Waals surface area contributed by atoms with Crippen LogP contribution < -0.4 is 10.9 Å². The van der Waals surface area contributed by atoms with Crippen molar-refractivity contribution in [2.75, 3.05) is 5.32 Å². The van der Waals surface area contributed by atoms with Crippen LogP contribution in [0.15, 0.2) is 66.0 Å².